The van der Waals surface area contributed by atoms with Gasteiger partial charge in [-0.25, -0.2) is 0 Å². The first-order valence-electron chi connectivity index (χ1n) is 10.9. The number of rotatable bonds is 9. The average Bonchev–Trinajstić information content (AvgIpc) is 2.81. The zero-order valence-electron chi connectivity index (χ0n) is 18.9. The molecule has 2 atom stereocenters. The number of benzene rings is 3. The summed E-state index contributed by atoms with van der Waals surface area (Å²) in [5, 5.41) is 0.614. The molecule has 4 heteroatoms. The maximum Gasteiger partial charge on any atom is 0.307 e. The van der Waals surface area contributed by atoms with Crippen LogP contribution in [0.2, 0.25) is 5.02 Å². The van der Waals surface area contributed by atoms with E-state index >= 15 is 0 Å². The van der Waals surface area contributed by atoms with Crippen LogP contribution in [-0.4, -0.2) is 18.4 Å². The van der Waals surface area contributed by atoms with E-state index in [9.17, 15) is 9.59 Å². The zero-order valence-corrected chi connectivity index (χ0v) is 19.6. The number of Topliss-reactive ketones (excluding diaryl/α,β-unsaturated/α-hetero) is 1. The predicted octanol–water partition coefficient (Wildman–Crippen LogP) is 6.66. The third-order valence-corrected chi connectivity index (χ3v) is 5.99. The van der Waals surface area contributed by atoms with Crippen LogP contribution in [0.4, 0.5) is 0 Å². The minimum Gasteiger partial charge on any atom is -0.452 e. The quantitative estimate of drug-likeness (QED) is 0.204. The molecule has 3 nitrogen and oxygen atoms in total. The van der Waals surface area contributed by atoms with Gasteiger partial charge in [0, 0.05) is 22.9 Å². The molecule has 0 unspecified atom stereocenters. The van der Waals surface area contributed by atoms with Gasteiger partial charge in [-0.2, -0.15) is 0 Å². The molecule has 0 aliphatic carbocycles. The molecule has 0 saturated carbocycles. The first-order valence-corrected chi connectivity index (χ1v) is 11.3. The molecule has 168 valence electrons. The van der Waals surface area contributed by atoms with E-state index in [1.165, 1.54) is 0 Å². The fourth-order valence-electron chi connectivity index (χ4n) is 4.01. The van der Waals surface area contributed by atoms with Gasteiger partial charge in [0.2, 0.25) is 0 Å². The van der Waals surface area contributed by atoms with E-state index in [0.29, 0.717) is 10.6 Å². The number of halogens is 1. The summed E-state index contributed by atoms with van der Waals surface area (Å²) in [5.74, 6) is 1.44. The van der Waals surface area contributed by atoms with Crippen molar-refractivity contribution in [3.63, 3.8) is 0 Å². The molecule has 3 aromatic rings. The highest BCUT2D eigenvalue weighted by Gasteiger charge is 2.30. The molecule has 0 N–H and O–H groups in total. The smallest absolute Gasteiger partial charge is 0.307 e. The standard InChI is InChI=1S/C29H27ClO3/c1-4-16-33-29(32)19-27(24-7-5-6-21(3)17-24)26(22-12-14-25(30)15-13-22)18-28(31)23-10-8-20(2)9-11-23/h1,5-15,17,26-27H,16,18-19H2,2-3H3/t26-,27-/m0/s1. The summed E-state index contributed by atoms with van der Waals surface area (Å²) in [5.41, 5.74) is 4.74. The van der Waals surface area contributed by atoms with Gasteiger partial charge in [-0.05, 0) is 43.0 Å². The number of ketones is 1. The Morgan fingerprint density at radius 1 is 0.879 bits per heavy atom. The first-order chi connectivity index (χ1) is 15.9. The van der Waals surface area contributed by atoms with E-state index in [0.717, 1.165) is 22.3 Å². The van der Waals surface area contributed by atoms with Gasteiger partial charge in [-0.15, -0.1) is 6.42 Å². The molecule has 0 radical (unpaired) electrons. The Balaban J connectivity index is 2.02. The summed E-state index contributed by atoms with van der Waals surface area (Å²) >= 11 is 6.13. The van der Waals surface area contributed by atoms with Crippen molar-refractivity contribution < 1.29 is 14.3 Å². The molecule has 0 spiro atoms. The van der Waals surface area contributed by atoms with Gasteiger partial charge in [0.15, 0.2) is 12.4 Å². The summed E-state index contributed by atoms with van der Waals surface area (Å²) in [6, 6.07) is 23.0. The van der Waals surface area contributed by atoms with Crippen LogP contribution in [0.25, 0.3) is 0 Å². The highest BCUT2D eigenvalue weighted by atomic mass is 35.5. The first kappa shape index (κ1) is 24.3. The van der Waals surface area contributed by atoms with Gasteiger partial charge in [0.25, 0.3) is 0 Å². The third kappa shape index (κ3) is 6.81. The van der Waals surface area contributed by atoms with E-state index < -0.39 is 0 Å². The Morgan fingerprint density at radius 3 is 2.18 bits per heavy atom. The monoisotopic (exact) mass is 458 g/mol. The van der Waals surface area contributed by atoms with Gasteiger partial charge in [-0.3, -0.25) is 9.59 Å². The Labute approximate surface area is 200 Å². The van der Waals surface area contributed by atoms with Crippen LogP contribution >= 0.6 is 11.6 Å². The Morgan fingerprint density at radius 2 is 1.55 bits per heavy atom. The molecule has 0 aliphatic heterocycles. The normalized spacial score (nSPS) is 12.4. The summed E-state index contributed by atoms with van der Waals surface area (Å²) < 4.78 is 5.20. The summed E-state index contributed by atoms with van der Waals surface area (Å²) in [4.78, 5) is 25.9. The number of hydrogen-bond acceptors (Lipinski definition) is 3. The van der Waals surface area contributed by atoms with Crippen molar-refractivity contribution in [3.8, 4) is 12.3 Å². The molecule has 0 aromatic heterocycles. The number of esters is 1. The van der Waals surface area contributed by atoms with Crippen LogP contribution in [0, 0.1) is 26.2 Å². The largest absolute Gasteiger partial charge is 0.452 e. The van der Waals surface area contributed by atoms with Crippen LogP contribution in [0.15, 0.2) is 72.8 Å². The van der Waals surface area contributed by atoms with Crippen molar-refractivity contribution in [3.05, 3.63) is 106 Å². The summed E-state index contributed by atoms with van der Waals surface area (Å²) in [7, 11) is 0. The third-order valence-electron chi connectivity index (χ3n) is 5.74. The lowest BCUT2D eigenvalue weighted by Crippen LogP contribution is -2.20. The van der Waals surface area contributed by atoms with Gasteiger partial charge >= 0.3 is 5.97 Å². The molecule has 33 heavy (non-hydrogen) atoms. The molecule has 3 rings (SSSR count). The van der Waals surface area contributed by atoms with Crippen molar-refractivity contribution in [1.29, 1.82) is 0 Å². The van der Waals surface area contributed by atoms with E-state index in [4.69, 9.17) is 22.8 Å². The number of terminal acetylenes is 1. The molecular weight excluding hydrogens is 432 g/mol. The zero-order chi connectivity index (χ0) is 23.8. The van der Waals surface area contributed by atoms with Crippen LogP contribution in [-0.2, 0) is 9.53 Å². The molecule has 0 fully saturated rings. The van der Waals surface area contributed by atoms with Crippen LogP contribution < -0.4 is 0 Å². The summed E-state index contributed by atoms with van der Waals surface area (Å²) in [6.07, 6.45) is 5.61. The van der Waals surface area contributed by atoms with Gasteiger partial charge in [0.05, 0.1) is 6.42 Å². The second kappa shape index (κ2) is 11.5. The predicted molar refractivity (Wildman–Crippen MR) is 133 cm³/mol. The summed E-state index contributed by atoms with van der Waals surface area (Å²) in [6.45, 7) is 3.92. The fraction of sp³-hybridized carbons (Fsp3) is 0.241. The highest BCUT2D eigenvalue weighted by Crippen LogP contribution is 2.40. The molecule has 0 saturated heterocycles. The van der Waals surface area contributed by atoms with E-state index in [2.05, 4.69) is 12.0 Å². The average molecular weight is 459 g/mol. The van der Waals surface area contributed by atoms with E-state index in [-0.39, 0.29) is 43.0 Å². The van der Waals surface area contributed by atoms with Crippen molar-refractivity contribution in [2.24, 2.45) is 0 Å². The number of hydrogen-bond donors (Lipinski definition) is 0. The lowest BCUT2D eigenvalue weighted by molar-refractivity contribution is -0.142. The Hall–Kier alpha value is -3.35. The van der Waals surface area contributed by atoms with E-state index in [1.54, 1.807) is 0 Å². The number of aryl methyl sites for hydroxylation is 2. The SMILES string of the molecule is C#CCOC(=O)C[C@@H](c1cccc(C)c1)[C@@H](CC(=O)c1ccc(C)cc1)c1ccc(Cl)cc1. The minimum absolute atomic E-state index is 0.0181. The molecule has 0 heterocycles. The number of carbonyl (C=O) groups excluding carboxylic acids is 2. The topological polar surface area (TPSA) is 43.4 Å². The second-order valence-electron chi connectivity index (χ2n) is 8.24. The maximum absolute atomic E-state index is 13.3. The van der Waals surface area contributed by atoms with Crippen LogP contribution in [0.5, 0.6) is 0 Å². The molecular formula is C29H27ClO3. The van der Waals surface area contributed by atoms with Crippen molar-refractivity contribution in [2.45, 2.75) is 38.5 Å². The van der Waals surface area contributed by atoms with Crippen molar-refractivity contribution >= 4 is 23.4 Å². The molecule has 3 aromatic carbocycles. The molecule has 0 bridgehead atoms. The minimum atomic E-state index is -0.388. The number of carbonyl (C=O) groups is 2. The van der Waals surface area contributed by atoms with Gasteiger partial charge < -0.3 is 4.74 Å². The Kier molecular flexibility index (Phi) is 8.46. The molecule has 0 amide bonds. The van der Waals surface area contributed by atoms with Crippen LogP contribution in [0.1, 0.15) is 57.3 Å². The maximum atomic E-state index is 13.3. The Bertz CT molecular complexity index is 1140. The number of ether oxygens (including phenoxy) is 1. The van der Waals surface area contributed by atoms with Gasteiger partial charge in [0.1, 0.15) is 0 Å². The lowest BCUT2D eigenvalue weighted by Gasteiger charge is -2.28. The molecule has 0 aliphatic rings. The van der Waals surface area contributed by atoms with E-state index in [1.807, 2.05) is 80.6 Å². The second-order valence-corrected chi connectivity index (χ2v) is 8.68. The van der Waals surface area contributed by atoms with Crippen molar-refractivity contribution in [1.82, 2.24) is 0 Å². The fourth-order valence-corrected chi connectivity index (χ4v) is 4.14. The highest BCUT2D eigenvalue weighted by molar-refractivity contribution is 6.30. The lowest BCUT2D eigenvalue weighted by atomic mass is 9.76. The van der Waals surface area contributed by atoms with Crippen molar-refractivity contribution in [2.75, 3.05) is 6.61 Å². The van der Waals surface area contributed by atoms with Gasteiger partial charge in [-0.1, -0.05) is 89.3 Å². The van der Waals surface area contributed by atoms with Crippen LogP contribution in [0.3, 0.4) is 0 Å².